The molecule has 1 aliphatic heterocycles. The lowest BCUT2D eigenvalue weighted by atomic mass is 9.93. The van der Waals surface area contributed by atoms with E-state index in [2.05, 4.69) is 4.98 Å². The van der Waals surface area contributed by atoms with Crippen molar-refractivity contribution in [2.75, 3.05) is 19.3 Å². The third-order valence-corrected chi connectivity index (χ3v) is 4.93. The summed E-state index contributed by atoms with van der Waals surface area (Å²) in [7, 11) is -3.18. The zero-order valence-electron chi connectivity index (χ0n) is 11.3. The molecule has 5 nitrogen and oxygen atoms in total. The Morgan fingerprint density at radius 2 is 2.25 bits per heavy atom. The van der Waals surface area contributed by atoms with E-state index >= 15 is 0 Å². The highest BCUT2D eigenvalue weighted by molar-refractivity contribution is 7.88. The molecule has 0 N–H and O–H groups in total. The van der Waals surface area contributed by atoms with Gasteiger partial charge in [0.05, 0.1) is 11.3 Å². The van der Waals surface area contributed by atoms with E-state index in [-0.39, 0.29) is 11.7 Å². The van der Waals surface area contributed by atoms with Crippen LogP contribution in [0.3, 0.4) is 0 Å². The zero-order valence-corrected chi connectivity index (χ0v) is 12.8. The van der Waals surface area contributed by atoms with Gasteiger partial charge in [-0.3, -0.25) is 9.78 Å². The van der Waals surface area contributed by atoms with Crippen molar-refractivity contribution in [3.63, 3.8) is 0 Å². The minimum absolute atomic E-state index is 0.0588. The summed E-state index contributed by atoms with van der Waals surface area (Å²) in [5.74, 6) is -0.00882. The standard InChI is InChI=1S/C13H17ClN2O3S/c1-20(18,19)16-6-2-3-10(9-16)7-13(17)12-5-4-11(14)8-15-12/h4-5,8,10H,2-3,6-7,9H2,1H3. The molecule has 2 rings (SSSR count). The summed E-state index contributed by atoms with van der Waals surface area (Å²) in [6.45, 7) is 0.959. The van der Waals surface area contributed by atoms with Crippen LogP contribution in [0, 0.1) is 5.92 Å². The number of hydrogen-bond donors (Lipinski definition) is 0. The molecule has 0 saturated carbocycles. The number of sulfonamides is 1. The van der Waals surface area contributed by atoms with E-state index in [1.54, 1.807) is 12.1 Å². The van der Waals surface area contributed by atoms with E-state index in [9.17, 15) is 13.2 Å². The summed E-state index contributed by atoms with van der Waals surface area (Å²) in [5, 5.41) is 0.488. The molecule has 1 fully saturated rings. The number of nitrogens with zero attached hydrogens (tertiary/aromatic N) is 2. The second-order valence-electron chi connectivity index (χ2n) is 5.12. The van der Waals surface area contributed by atoms with Gasteiger partial charge >= 0.3 is 0 Å². The fraction of sp³-hybridized carbons (Fsp3) is 0.538. The van der Waals surface area contributed by atoms with Gasteiger partial charge in [-0.05, 0) is 30.9 Å². The first-order valence-electron chi connectivity index (χ1n) is 6.46. The Morgan fingerprint density at radius 3 is 2.85 bits per heavy atom. The zero-order chi connectivity index (χ0) is 14.8. The fourth-order valence-corrected chi connectivity index (χ4v) is 3.46. The van der Waals surface area contributed by atoms with Crippen LogP contribution >= 0.6 is 11.6 Å². The molecule has 0 spiro atoms. The Labute approximate surface area is 124 Å². The van der Waals surface area contributed by atoms with Crippen LogP contribution in [0.4, 0.5) is 0 Å². The van der Waals surface area contributed by atoms with Crippen LogP contribution in [0.5, 0.6) is 0 Å². The molecule has 1 saturated heterocycles. The van der Waals surface area contributed by atoms with Crippen LogP contribution < -0.4 is 0 Å². The average Bonchev–Trinajstić information content (AvgIpc) is 2.38. The van der Waals surface area contributed by atoms with Gasteiger partial charge in [-0.2, -0.15) is 0 Å². The maximum absolute atomic E-state index is 12.1. The van der Waals surface area contributed by atoms with Crippen molar-refractivity contribution >= 4 is 27.4 Å². The molecule has 20 heavy (non-hydrogen) atoms. The van der Waals surface area contributed by atoms with Gasteiger partial charge in [0.25, 0.3) is 0 Å². The lowest BCUT2D eigenvalue weighted by molar-refractivity contribution is 0.0937. The molecule has 2 heterocycles. The molecular weight excluding hydrogens is 300 g/mol. The number of carbonyl (C=O) groups is 1. The van der Waals surface area contributed by atoms with Crippen LogP contribution in [0.2, 0.25) is 5.02 Å². The van der Waals surface area contributed by atoms with Gasteiger partial charge in [-0.15, -0.1) is 0 Å². The minimum Gasteiger partial charge on any atom is -0.292 e. The SMILES string of the molecule is CS(=O)(=O)N1CCCC(CC(=O)c2ccc(Cl)cn2)C1. The van der Waals surface area contributed by atoms with Gasteiger partial charge in [0.15, 0.2) is 5.78 Å². The molecule has 1 aromatic rings. The van der Waals surface area contributed by atoms with E-state index in [4.69, 9.17) is 11.6 Å². The third-order valence-electron chi connectivity index (χ3n) is 3.44. The van der Waals surface area contributed by atoms with E-state index in [1.807, 2.05) is 0 Å². The van der Waals surface area contributed by atoms with Crippen molar-refractivity contribution in [2.24, 2.45) is 5.92 Å². The second-order valence-corrected chi connectivity index (χ2v) is 7.54. The van der Waals surface area contributed by atoms with Crippen molar-refractivity contribution in [1.82, 2.24) is 9.29 Å². The summed E-state index contributed by atoms with van der Waals surface area (Å²) in [6, 6.07) is 3.23. The number of rotatable bonds is 4. The highest BCUT2D eigenvalue weighted by Crippen LogP contribution is 2.23. The fourth-order valence-electron chi connectivity index (χ4n) is 2.40. The number of pyridine rings is 1. The van der Waals surface area contributed by atoms with Crippen molar-refractivity contribution < 1.29 is 13.2 Å². The molecule has 7 heteroatoms. The highest BCUT2D eigenvalue weighted by Gasteiger charge is 2.27. The van der Waals surface area contributed by atoms with Crippen molar-refractivity contribution in [2.45, 2.75) is 19.3 Å². The normalized spacial score (nSPS) is 20.8. The molecule has 0 aliphatic carbocycles. The van der Waals surface area contributed by atoms with Crippen LogP contribution in [0.25, 0.3) is 0 Å². The number of halogens is 1. The number of Topliss-reactive ketones (excluding diaryl/α,β-unsaturated/α-hetero) is 1. The van der Waals surface area contributed by atoms with Gasteiger partial charge in [0.2, 0.25) is 10.0 Å². The Balaban J connectivity index is 1.99. The Morgan fingerprint density at radius 1 is 1.50 bits per heavy atom. The maximum Gasteiger partial charge on any atom is 0.211 e. The molecule has 1 unspecified atom stereocenters. The lowest BCUT2D eigenvalue weighted by Gasteiger charge is -2.30. The van der Waals surface area contributed by atoms with E-state index in [1.165, 1.54) is 16.8 Å². The molecule has 0 aromatic carbocycles. The maximum atomic E-state index is 12.1. The first-order valence-corrected chi connectivity index (χ1v) is 8.69. The molecule has 1 aromatic heterocycles. The number of ketones is 1. The summed E-state index contributed by atoms with van der Waals surface area (Å²) in [5.41, 5.74) is 0.380. The number of hydrogen-bond acceptors (Lipinski definition) is 4. The number of aromatic nitrogens is 1. The first kappa shape index (κ1) is 15.4. The molecule has 1 aliphatic rings. The van der Waals surface area contributed by atoms with Gasteiger partial charge < -0.3 is 0 Å². The van der Waals surface area contributed by atoms with Crippen LogP contribution in [-0.2, 0) is 10.0 Å². The smallest absolute Gasteiger partial charge is 0.211 e. The largest absolute Gasteiger partial charge is 0.292 e. The number of carbonyl (C=O) groups excluding carboxylic acids is 1. The molecule has 0 amide bonds. The Kier molecular flexibility index (Phi) is 4.78. The van der Waals surface area contributed by atoms with Crippen molar-refractivity contribution in [3.05, 3.63) is 29.0 Å². The highest BCUT2D eigenvalue weighted by atomic mass is 35.5. The van der Waals surface area contributed by atoms with Crippen LogP contribution in [-0.4, -0.2) is 42.8 Å². The van der Waals surface area contributed by atoms with E-state index < -0.39 is 10.0 Å². The van der Waals surface area contributed by atoms with Gasteiger partial charge in [-0.1, -0.05) is 11.6 Å². The average molecular weight is 317 g/mol. The molecular formula is C13H17ClN2O3S. The van der Waals surface area contributed by atoms with Crippen LogP contribution in [0.1, 0.15) is 29.8 Å². The minimum atomic E-state index is -3.18. The topological polar surface area (TPSA) is 67.3 Å². The molecule has 0 bridgehead atoms. The predicted octanol–water partition coefficient (Wildman–Crippen LogP) is 1.98. The molecule has 0 radical (unpaired) electrons. The second kappa shape index (κ2) is 6.20. The Bertz CT molecular complexity index is 586. The summed E-state index contributed by atoms with van der Waals surface area (Å²) >= 11 is 5.73. The monoisotopic (exact) mass is 316 g/mol. The number of piperidine rings is 1. The lowest BCUT2D eigenvalue weighted by Crippen LogP contribution is -2.39. The van der Waals surface area contributed by atoms with Gasteiger partial charge in [0.1, 0.15) is 5.69 Å². The summed E-state index contributed by atoms with van der Waals surface area (Å²) in [6.07, 6.45) is 4.63. The first-order chi connectivity index (χ1) is 9.36. The quantitative estimate of drug-likeness (QED) is 0.797. The van der Waals surface area contributed by atoms with Crippen LogP contribution in [0.15, 0.2) is 18.3 Å². The van der Waals surface area contributed by atoms with Gasteiger partial charge in [0, 0.05) is 25.7 Å². The van der Waals surface area contributed by atoms with Gasteiger partial charge in [-0.25, -0.2) is 12.7 Å². The predicted molar refractivity (Wildman–Crippen MR) is 77.3 cm³/mol. The van der Waals surface area contributed by atoms with Crippen molar-refractivity contribution in [1.29, 1.82) is 0 Å². The summed E-state index contributed by atoms with van der Waals surface area (Å²) in [4.78, 5) is 16.1. The third kappa shape index (κ3) is 4.01. The Hall–Kier alpha value is -0.980. The van der Waals surface area contributed by atoms with E-state index in [0.29, 0.717) is 30.2 Å². The van der Waals surface area contributed by atoms with Crippen molar-refractivity contribution in [3.8, 4) is 0 Å². The molecule has 1 atom stereocenters. The molecule has 110 valence electrons. The van der Waals surface area contributed by atoms with E-state index in [0.717, 1.165) is 12.8 Å². The summed E-state index contributed by atoms with van der Waals surface area (Å²) < 4.78 is 24.5.